The van der Waals surface area contributed by atoms with Crippen LogP contribution in [0.5, 0.6) is 0 Å². The molecule has 10 heteroatoms. The van der Waals surface area contributed by atoms with Crippen LogP contribution in [0.15, 0.2) is 67.1 Å². The van der Waals surface area contributed by atoms with Crippen LogP contribution in [0.25, 0.3) is 28.0 Å². The fourth-order valence-corrected chi connectivity index (χ4v) is 4.36. The predicted molar refractivity (Wildman–Crippen MR) is 128 cm³/mol. The number of carbonyl (C=O) groups is 1. The van der Waals surface area contributed by atoms with E-state index in [1.807, 2.05) is 53.5 Å². The molecule has 0 saturated carbocycles. The summed E-state index contributed by atoms with van der Waals surface area (Å²) < 4.78 is 3.61. The van der Waals surface area contributed by atoms with E-state index in [1.165, 1.54) is 0 Å². The van der Waals surface area contributed by atoms with Crippen LogP contribution in [-0.2, 0) is 0 Å². The topological polar surface area (TPSA) is 110 Å². The molecule has 2 N–H and O–H groups in total. The van der Waals surface area contributed by atoms with Crippen LogP contribution in [0.4, 0.5) is 5.69 Å². The molecule has 0 spiro atoms. The van der Waals surface area contributed by atoms with Gasteiger partial charge in [0.2, 0.25) is 0 Å². The molecule has 1 aliphatic heterocycles. The summed E-state index contributed by atoms with van der Waals surface area (Å²) in [6.07, 6.45) is 6.48. The molecule has 34 heavy (non-hydrogen) atoms. The van der Waals surface area contributed by atoms with Gasteiger partial charge in [0.25, 0.3) is 5.91 Å². The molecule has 1 saturated heterocycles. The largest absolute Gasteiger partial charge is 0.319 e. The first-order chi connectivity index (χ1) is 16.6. The number of anilines is 1. The summed E-state index contributed by atoms with van der Waals surface area (Å²) in [5.41, 5.74) is 4.41. The number of rotatable bonds is 5. The van der Waals surface area contributed by atoms with Crippen LogP contribution >= 0.6 is 0 Å². The Balaban J connectivity index is 1.15. The van der Waals surface area contributed by atoms with Crippen LogP contribution in [0.1, 0.15) is 22.8 Å². The first-order valence-corrected chi connectivity index (χ1v) is 11.1. The van der Waals surface area contributed by atoms with Gasteiger partial charge in [-0.3, -0.25) is 14.6 Å². The highest BCUT2D eigenvalue weighted by molar-refractivity contribution is 6.04. The van der Waals surface area contributed by atoms with Gasteiger partial charge in [0.05, 0.1) is 35.3 Å². The molecule has 10 nitrogen and oxygen atoms in total. The zero-order valence-corrected chi connectivity index (χ0v) is 18.6. The summed E-state index contributed by atoms with van der Waals surface area (Å²) in [5, 5.41) is 24.2. The number of amides is 1. The SMILES string of the molecule is CN1CCC(n2cc(NC(=O)c3ccc(-n4cc(-c5n[nH]c6ccccc56)nn4)cc3)cn2)C1. The predicted octanol–water partition coefficient (Wildman–Crippen LogP) is 3.14. The fraction of sp³-hybridized carbons (Fsp3) is 0.208. The van der Waals surface area contributed by atoms with Gasteiger partial charge in [0.15, 0.2) is 0 Å². The molecule has 1 aliphatic rings. The van der Waals surface area contributed by atoms with Gasteiger partial charge in [-0.05, 0) is 50.3 Å². The van der Waals surface area contributed by atoms with Gasteiger partial charge in [0, 0.05) is 23.7 Å². The van der Waals surface area contributed by atoms with Crippen molar-refractivity contribution in [2.75, 3.05) is 25.5 Å². The van der Waals surface area contributed by atoms with E-state index in [1.54, 1.807) is 23.0 Å². The molecule has 5 aromatic rings. The smallest absolute Gasteiger partial charge is 0.255 e. The Morgan fingerprint density at radius 2 is 1.97 bits per heavy atom. The maximum Gasteiger partial charge on any atom is 0.255 e. The number of likely N-dealkylation sites (tertiary alicyclic amines) is 1. The number of para-hydroxylation sites is 1. The van der Waals surface area contributed by atoms with Crippen molar-refractivity contribution in [3.05, 3.63) is 72.7 Å². The highest BCUT2D eigenvalue weighted by Gasteiger charge is 2.22. The van der Waals surface area contributed by atoms with Crippen molar-refractivity contribution in [2.24, 2.45) is 0 Å². The summed E-state index contributed by atoms with van der Waals surface area (Å²) in [4.78, 5) is 15.0. The van der Waals surface area contributed by atoms with Crippen molar-refractivity contribution >= 4 is 22.5 Å². The van der Waals surface area contributed by atoms with E-state index in [9.17, 15) is 4.79 Å². The number of aromatic nitrogens is 7. The van der Waals surface area contributed by atoms with Gasteiger partial charge < -0.3 is 10.2 Å². The van der Waals surface area contributed by atoms with Gasteiger partial charge >= 0.3 is 0 Å². The van der Waals surface area contributed by atoms with E-state index in [0.29, 0.717) is 23.0 Å². The maximum absolute atomic E-state index is 12.7. The molecule has 170 valence electrons. The van der Waals surface area contributed by atoms with Crippen molar-refractivity contribution in [3.63, 3.8) is 0 Å². The Morgan fingerprint density at radius 1 is 1.12 bits per heavy atom. The number of hydrogen-bond donors (Lipinski definition) is 2. The van der Waals surface area contributed by atoms with E-state index in [4.69, 9.17) is 0 Å². The van der Waals surface area contributed by atoms with Gasteiger partial charge in [-0.25, -0.2) is 4.68 Å². The first kappa shape index (κ1) is 20.3. The number of benzene rings is 2. The van der Waals surface area contributed by atoms with Crippen LogP contribution in [0.2, 0.25) is 0 Å². The molecule has 2 aromatic carbocycles. The lowest BCUT2D eigenvalue weighted by molar-refractivity contribution is 0.102. The Labute approximate surface area is 195 Å². The number of fused-ring (bicyclic) bond motifs is 1. The second kappa shape index (κ2) is 8.23. The van der Waals surface area contributed by atoms with Crippen molar-refractivity contribution in [2.45, 2.75) is 12.5 Å². The molecule has 1 fully saturated rings. The number of hydrogen-bond acceptors (Lipinski definition) is 6. The summed E-state index contributed by atoms with van der Waals surface area (Å²) in [7, 11) is 2.11. The molecular weight excluding hydrogens is 430 g/mol. The third kappa shape index (κ3) is 3.73. The monoisotopic (exact) mass is 453 g/mol. The lowest BCUT2D eigenvalue weighted by Gasteiger charge is -2.10. The lowest BCUT2D eigenvalue weighted by atomic mass is 10.2. The Kier molecular flexibility index (Phi) is 4.92. The molecule has 3 aromatic heterocycles. The summed E-state index contributed by atoms with van der Waals surface area (Å²) >= 11 is 0. The molecule has 0 radical (unpaired) electrons. The van der Waals surface area contributed by atoms with Gasteiger partial charge in [-0.1, -0.05) is 23.4 Å². The van der Waals surface area contributed by atoms with Crippen molar-refractivity contribution in [1.82, 2.24) is 39.9 Å². The minimum atomic E-state index is -0.183. The quantitative estimate of drug-likeness (QED) is 0.423. The molecule has 1 atom stereocenters. The third-order valence-electron chi connectivity index (χ3n) is 6.20. The molecule has 1 unspecified atom stereocenters. The fourth-order valence-electron chi connectivity index (χ4n) is 4.36. The minimum Gasteiger partial charge on any atom is -0.319 e. The molecule has 4 heterocycles. The van der Waals surface area contributed by atoms with Gasteiger partial charge in [0.1, 0.15) is 11.4 Å². The Bertz CT molecular complexity index is 1460. The van der Waals surface area contributed by atoms with Crippen LogP contribution in [0, 0.1) is 0 Å². The molecular formula is C24H23N9O. The number of aromatic amines is 1. The average Bonchev–Trinajstić information content (AvgIpc) is 3.65. The van der Waals surface area contributed by atoms with Crippen molar-refractivity contribution < 1.29 is 4.79 Å². The second-order valence-corrected chi connectivity index (χ2v) is 8.58. The maximum atomic E-state index is 12.7. The lowest BCUT2D eigenvalue weighted by Crippen LogP contribution is -2.16. The zero-order valence-electron chi connectivity index (χ0n) is 18.6. The Hall–Kier alpha value is -4.31. The summed E-state index contributed by atoms with van der Waals surface area (Å²) in [6, 6.07) is 15.5. The van der Waals surface area contributed by atoms with E-state index < -0.39 is 0 Å². The van der Waals surface area contributed by atoms with Crippen LogP contribution in [-0.4, -0.2) is 65.9 Å². The number of nitrogens with one attached hydrogen (secondary N) is 2. The van der Waals surface area contributed by atoms with Crippen molar-refractivity contribution in [1.29, 1.82) is 0 Å². The van der Waals surface area contributed by atoms with E-state index in [2.05, 4.69) is 42.9 Å². The Morgan fingerprint density at radius 3 is 2.79 bits per heavy atom. The number of nitrogens with zero attached hydrogens (tertiary/aromatic N) is 7. The number of H-pyrrole nitrogens is 1. The molecule has 0 bridgehead atoms. The summed E-state index contributed by atoms with van der Waals surface area (Å²) in [6.45, 7) is 2.03. The van der Waals surface area contributed by atoms with Gasteiger partial charge in [-0.2, -0.15) is 10.2 Å². The van der Waals surface area contributed by atoms with E-state index >= 15 is 0 Å². The van der Waals surface area contributed by atoms with Crippen LogP contribution in [0.3, 0.4) is 0 Å². The minimum absolute atomic E-state index is 0.183. The third-order valence-corrected chi connectivity index (χ3v) is 6.20. The van der Waals surface area contributed by atoms with Crippen molar-refractivity contribution in [3.8, 4) is 17.1 Å². The van der Waals surface area contributed by atoms with Gasteiger partial charge in [-0.15, -0.1) is 5.10 Å². The number of likely N-dealkylation sites (N-methyl/N-ethyl adjacent to an activating group) is 1. The molecule has 0 aliphatic carbocycles. The highest BCUT2D eigenvalue weighted by atomic mass is 16.1. The highest BCUT2D eigenvalue weighted by Crippen LogP contribution is 2.25. The summed E-state index contributed by atoms with van der Waals surface area (Å²) in [5.74, 6) is -0.183. The standard InChI is InChI=1S/C24H23N9O/c1-31-11-10-19(14-31)32-13-17(12-25-32)26-24(34)16-6-8-18(9-7-16)33-15-22(28-30-33)23-20-4-2-3-5-21(20)27-29-23/h2-9,12-13,15,19H,10-11,14H2,1H3,(H,26,34)(H,27,29). The number of carbonyl (C=O) groups excluding carboxylic acids is 1. The molecule has 6 rings (SSSR count). The average molecular weight is 454 g/mol. The van der Waals surface area contributed by atoms with E-state index in [0.717, 1.165) is 41.8 Å². The first-order valence-electron chi connectivity index (χ1n) is 11.1. The van der Waals surface area contributed by atoms with Crippen LogP contribution < -0.4 is 5.32 Å². The molecule has 1 amide bonds. The zero-order chi connectivity index (χ0) is 23.1. The normalized spacial score (nSPS) is 16.3. The second-order valence-electron chi connectivity index (χ2n) is 8.58. The van der Waals surface area contributed by atoms with E-state index in [-0.39, 0.29) is 5.91 Å².